The predicted octanol–water partition coefficient (Wildman–Crippen LogP) is 2.97. The molecular formula is C21H24N2O5. The van der Waals surface area contributed by atoms with Gasteiger partial charge in [0.05, 0.1) is 7.11 Å². The van der Waals surface area contributed by atoms with Crippen molar-refractivity contribution in [3.05, 3.63) is 59.7 Å². The third-order valence-corrected chi connectivity index (χ3v) is 4.11. The van der Waals surface area contributed by atoms with E-state index in [0.717, 1.165) is 0 Å². The average molecular weight is 384 g/mol. The van der Waals surface area contributed by atoms with Gasteiger partial charge in [-0.05, 0) is 44.2 Å². The molecule has 0 saturated heterocycles. The third-order valence-electron chi connectivity index (χ3n) is 4.11. The van der Waals surface area contributed by atoms with Gasteiger partial charge in [0, 0.05) is 24.3 Å². The fourth-order valence-corrected chi connectivity index (χ4v) is 2.64. The Morgan fingerprint density at radius 2 is 1.71 bits per heavy atom. The molecule has 2 aromatic carbocycles. The minimum atomic E-state index is -0.655. The maximum atomic E-state index is 12.4. The van der Waals surface area contributed by atoms with Crippen molar-refractivity contribution in [3.8, 4) is 5.75 Å². The van der Waals surface area contributed by atoms with Crippen LogP contribution < -0.4 is 10.1 Å². The lowest BCUT2D eigenvalue weighted by Crippen LogP contribution is -2.30. The van der Waals surface area contributed by atoms with Crippen molar-refractivity contribution < 1.29 is 23.9 Å². The Morgan fingerprint density at radius 3 is 2.39 bits per heavy atom. The van der Waals surface area contributed by atoms with E-state index < -0.39 is 18.5 Å². The monoisotopic (exact) mass is 384 g/mol. The molecular weight excluding hydrogens is 360 g/mol. The van der Waals surface area contributed by atoms with Crippen LogP contribution in [0, 0.1) is 0 Å². The van der Waals surface area contributed by atoms with Crippen LogP contribution in [0.4, 0.5) is 5.69 Å². The van der Waals surface area contributed by atoms with Crippen LogP contribution in [0.1, 0.15) is 34.6 Å². The van der Waals surface area contributed by atoms with E-state index in [-0.39, 0.29) is 11.5 Å². The number of carbonyl (C=O) groups is 3. The Kier molecular flexibility index (Phi) is 7.56. The molecule has 0 aromatic heterocycles. The van der Waals surface area contributed by atoms with Crippen molar-refractivity contribution in [1.82, 2.24) is 4.90 Å². The number of amides is 2. The van der Waals surface area contributed by atoms with Crippen LogP contribution in [0.25, 0.3) is 0 Å². The molecule has 1 N–H and O–H groups in total. The van der Waals surface area contributed by atoms with Gasteiger partial charge in [-0.1, -0.05) is 18.2 Å². The van der Waals surface area contributed by atoms with Crippen molar-refractivity contribution in [2.24, 2.45) is 0 Å². The number of para-hydroxylation sites is 1. The number of benzene rings is 2. The van der Waals surface area contributed by atoms with E-state index in [0.29, 0.717) is 30.1 Å². The van der Waals surface area contributed by atoms with E-state index in [2.05, 4.69) is 5.32 Å². The van der Waals surface area contributed by atoms with Crippen molar-refractivity contribution >= 4 is 23.5 Å². The number of methoxy groups -OCH3 is 1. The fraction of sp³-hybridized carbons (Fsp3) is 0.286. The molecule has 2 amide bonds. The van der Waals surface area contributed by atoms with E-state index in [1.54, 1.807) is 53.4 Å². The number of rotatable bonds is 8. The molecule has 0 bridgehead atoms. The zero-order valence-corrected chi connectivity index (χ0v) is 16.2. The van der Waals surface area contributed by atoms with Gasteiger partial charge in [-0.3, -0.25) is 9.59 Å². The second kappa shape index (κ2) is 10.1. The third kappa shape index (κ3) is 5.33. The van der Waals surface area contributed by atoms with E-state index in [1.165, 1.54) is 7.11 Å². The Labute approximate surface area is 164 Å². The molecule has 0 aliphatic carbocycles. The van der Waals surface area contributed by atoms with Crippen molar-refractivity contribution in [3.63, 3.8) is 0 Å². The Balaban J connectivity index is 1.97. The lowest BCUT2D eigenvalue weighted by atomic mass is 10.1. The Bertz CT molecular complexity index is 846. The summed E-state index contributed by atoms with van der Waals surface area (Å²) in [6.07, 6.45) is 0. The minimum absolute atomic E-state index is 0.108. The molecule has 148 valence electrons. The van der Waals surface area contributed by atoms with Crippen LogP contribution in [-0.4, -0.2) is 49.5 Å². The number of anilines is 1. The maximum absolute atomic E-state index is 12.4. The first kappa shape index (κ1) is 21.0. The topological polar surface area (TPSA) is 84.9 Å². The second-order valence-corrected chi connectivity index (χ2v) is 5.88. The second-order valence-electron chi connectivity index (χ2n) is 5.88. The number of hydrogen-bond acceptors (Lipinski definition) is 5. The highest BCUT2D eigenvalue weighted by Gasteiger charge is 2.16. The summed E-state index contributed by atoms with van der Waals surface area (Å²) in [7, 11) is 1.45. The summed E-state index contributed by atoms with van der Waals surface area (Å²) < 4.78 is 10.2. The first-order valence-electron chi connectivity index (χ1n) is 8.99. The summed E-state index contributed by atoms with van der Waals surface area (Å²) in [6.45, 7) is 4.56. The van der Waals surface area contributed by atoms with Crippen LogP contribution in [-0.2, 0) is 9.53 Å². The highest BCUT2D eigenvalue weighted by molar-refractivity contribution is 5.99. The molecule has 0 radical (unpaired) electrons. The molecule has 0 heterocycles. The number of esters is 1. The van der Waals surface area contributed by atoms with E-state index in [1.807, 2.05) is 13.8 Å². The van der Waals surface area contributed by atoms with Crippen LogP contribution >= 0.6 is 0 Å². The molecule has 0 unspecified atom stereocenters. The summed E-state index contributed by atoms with van der Waals surface area (Å²) in [5, 5.41) is 2.63. The van der Waals surface area contributed by atoms with Crippen LogP contribution in [0.5, 0.6) is 5.75 Å². The quantitative estimate of drug-likeness (QED) is 0.708. The van der Waals surface area contributed by atoms with Gasteiger partial charge < -0.3 is 19.7 Å². The summed E-state index contributed by atoms with van der Waals surface area (Å²) in [6, 6.07) is 13.2. The number of nitrogens with zero attached hydrogens (tertiary/aromatic N) is 1. The zero-order chi connectivity index (χ0) is 20.5. The average Bonchev–Trinajstić information content (AvgIpc) is 2.73. The largest absolute Gasteiger partial charge is 0.496 e. The molecule has 0 aliphatic rings. The van der Waals surface area contributed by atoms with Crippen LogP contribution in [0.2, 0.25) is 0 Å². The summed E-state index contributed by atoms with van der Waals surface area (Å²) in [5.74, 6) is -0.895. The van der Waals surface area contributed by atoms with Crippen molar-refractivity contribution in [2.75, 3.05) is 32.1 Å². The lowest BCUT2D eigenvalue weighted by molar-refractivity contribution is -0.119. The highest BCUT2D eigenvalue weighted by atomic mass is 16.5. The normalized spacial score (nSPS) is 10.1. The van der Waals surface area contributed by atoms with Gasteiger partial charge in [0.1, 0.15) is 11.3 Å². The molecule has 0 saturated carbocycles. The van der Waals surface area contributed by atoms with E-state index in [4.69, 9.17) is 9.47 Å². The fourth-order valence-electron chi connectivity index (χ4n) is 2.64. The smallest absolute Gasteiger partial charge is 0.342 e. The zero-order valence-electron chi connectivity index (χ0n) is 16.2. The number of ether oxygens (including phenoxy) is 2. The van der Waals surface area contributed by atoms with Crippen molar-refractivity contribution in [2.45, 2.75) is 13.8 Å². The molecule has 28 heavy (non-hydrogen) atoms. The molecule has 7 heteroatoms. The molecule has 0 spiro atoms. The predicted molar refractivity (Wildman–Crippen MR) is 106 cm³/mol. The van der Waals surface area contributed by atoms with Gasteiger partial charge in [0.15, 0.2) is 6.61 Å². The molecule has 7 nitrogen and oxygen atoms in total. The Hall–Kier alpha value is -3.35. The van der Waals surface area contributed by atoms with Gasteiger partial charge in [-0.2, -0.15) is 0 Å². The van der Waals surface area contributed by atoms with Crippen LogP contribution in [0.3, 0.4) is 0 Å². The first-order valence-corrected chi connectivity index (χ1v) is 8.99. The van der Waals surface area contributed by atoms with E-state index in [9.17, 15) is 14.4 Å². The van der Waals surface area contributed by atoms with E-state index >= 15 is 0 Å². The van der Waals surface area contributed by atoms with Gasteiger partial charge in [0.25, 0.3) is 11.8 Å². The number of hydrogen-bond donors (Lipinski definition) is 1. The summed E-state index contributed by atoms with van der Waals surface area (Å²) >= 11 is 0. The molecule has 0 fully saturated rings. The molecule has 2 aromatic rings. The van der Waals surface area contributed by atoms with Gasteiger partial charge in [-0.25, -0.2) is 4.79 Å². The van der Waals surface area contributed by atoms with Gasteiger partial charge in [0.2, 0.25) is 0 Å². The van der Waals surface area contributed by atoms with Gasteiger partial charge >= 0.3 is 5.97 Å². The standard InChI is InChI=1S/C21H24N2O5/c1-4-23(5-2)20(25)15-9-8-10-16(13-15)22-19(24)14-28-21(26)17-11-6-7-12-18(17)27-3/h6-13H,4-5,14H2,1-3H3,(H,22,24). The minimum Gasteiger partial charge on any atom is -0.496 e. The molecule has 0 aliphatic heterocycles. The Morgan fingerprint density at radius 1 is 1.00 bits per heavy atom. The first-order chi connectivity index (χ1) is 13.5. The number of carbonyl (C=O) groups excluding carboxylic acids is 3. The summed E-state index contributed by atoms with van der Waals surface area (Å²) in [4.78, 5) is 38.3. The summed E-state index contributed by atoms with van der Waals surface area (Å²) in [5.41, 5.74) is 1.17. The highest BCUT2D eigenvalue weighted by Crippen LogP contribution is 2.18. The molecule has 2 rings (SSSR count). The van der Waals surface area contributed by atoms with Crippen molar-refractivity contribution in [1.29, 1.82) is 0 Å². The lowest BCUT2D eigenvalue weighted by Gasteiger charge is -2.19. The molecule has 0 atom stereocenters. The SMILES string of the molecule is CCN(CC)C(=O)c1cccc(NC(=O)COC(=O)c2ccccc2OC)c1. The maximum Gasteiger partial charge on any atom is 0.342 e. The van der Waals surface area contributed by atoms with Gasteiger partial charge in [-0.15, -0.1) is 0 Å². The number of nitrogens with one attached hydrogen (secondary N) is 1. The van der Waals surface area contributed by atoms with Crippen LogP contribution in [0.15, 0.2) is 48.5 Å².